The van der Waals surface area contributed by atoms with Crippen LogP contribution in [0.4, 0.5) is 18.9 Å². The number of nitrogens with one attached hydrogen (secondary N) is 2. The molecule has 0 spiro atoms. The second-order valence-electron chi connectivity index (χ2n) is 9.11. The molecule has 1 aromatic heterocycles. The standard InChI is InChI=1S/C26H29F3N4O/c27-26(28,29)19-7-10-23-22(15-19)25-21(24(32-23)18-5-2-1-3-6-18)9-8-20(34-25)16-30-11-4-13-33-14-12-31-17-33/h1-3,5-7,10,12,14-15,17,20-21,24-25,30,32H,4,8-9,11,13,16H2/t20-,21+,24+,25+/m1/s1. The maximum atomic E-state index is 13.5. The topological polar surface area (TPSA) is 51.1 Å². The Bertz CT molecular complexity index is 1070. The first-order valence-electron chi connectivity index (χ1n) is 11.8. The number of rotatable bonds is 7. The molecule has 4 atom stereocenters. The Morgan fingerprint density at radius 3 is 2.74 bits per heavy atom. The molecule has 0 radical (unpaired) electrons. The molecule has 5 nitrogen and oxygen atoms in total. The number of halogens is 3. The van der Waals surface area contributed by atoms with Gasteiger partial charge in [0.25, 0.3) is 0 Å². The van der Waals surface area contributed by atoms with Crippen LogP contribution in [-0.2, 0) is 17.5 Å². The Kier molecular flexibility index (Phi) is 6.61. The summed E-state index contributed by atoms with van der Waals surface area (Å²) in [6.45, 7) is 2.42. The van der Waals surface area contributed by atoms with Gasteiger partial charge in [0, 0.05) is 42.7 Å². The van der Waals surface area contributed by atoms with Gasteiger partial charge in [0.15, 0.2) is 0 Å². The first-order valence-corrected chi connectivity index (χ1v) is 11.8. The lowest BCUT2D eigenvalue weighted by atomic mass is 9.76. The molecule has 2 aliphatic rings. The quantitative estimate of drug-likeness (QED) is 0.443. The Balaban J connectivity index is 1.31. The molecular weight excluding hydrogens is 441 g/mol. The molecule has 5 rings (SSSR count). The van der Waals surface area contributed by atoms with Crippen LogP contribution in [0.5, 0.6) is 0 Å². The van der Waals surface area contributed by atoms with Crippen LogP contribution in [0.3, 0.4) is 0 Å². The fourth-order valence-corrected chi connectivity index (χ4v) is 5.14. The molecule has 2 aliphatic heterocycles. The van der Waals surface area contributed by atoms with Crippen molar-refractivity contribution in [1.82, 2.24) is 14.9 Å². The summed E-state index contributed by atoms with van der Waals surface area (Å²) in [5, 5.41) is 6.97. The van der Waals surface area contributed by atoms with E-state index in [-0.39, 0.29) is 24.2 Å². The highest BCUT2D eigenvalue weighted by atomic mass is 19.4. The van der Waals surface area contributed by atoms with Gasteiger partial charge in [-0.05, 0) is 49.6 Å². The van der Waals surface area contributed by atoms with E-state index >= 15 is 0 Å². The van der Waals surface area contributed by atoms with E-state index in [1.807, 2.05) is 29.0 Å². The van der Waals surface area contributed by atoms with Crippen molar-refractivity contribution in [3.05, 3.63) is 83.9 Å². The van der Waals surface area contributed by atoms with E-state index in [0.717, 1.165) is 49.7 Å². The molecule has 1 fully saturated rings. The molecule has 0 amide bonds. The first-order chi connectivity index (χ1) is 16.5. The summed E-state index contributed by atoms with van der Waals surface area (Å²) >= 11 is 0. The normalized spacial score (nSPS) is 24.2. The Morgan fingerprint density at radius 2 is 1.97 bits per heavy atom. The summed E-state index contributed by atoms with van der Waals surface area (Å²) in [5.74, 6) is 0.0656. The van der Waals surface area contributed by atoms with Gasteiger partial charge in [-0.25, -0.2) is 4.98 Å². The maximum absolute atomic E-state index is 13.5. The number of anilines is 1. The van der Waals surface area contributed by atoms with Crippen LogP contribution < -0.4 is 10.6 Å². The Morgan fingerprint density at radius 1 is 1.12 bits per heavy atom. The molecule has 8 heteroatoms. The van der Waals surface area contributed by atoms with Crippen molar-refractivity contribution >= 4 is 5.69 Å². The van der Waals surface area contributed by atoms with E-state index in [9.17, 15) is 13.2 Å². The van der Waals surface area contributed by atoms with Crippen molar-refractivity contribution in [1.29, 1.82) is 0 Å². The van der Waals surface area contributed by atoms with Gasteiger partial charge in [-0.2, -0.15) is 13.2 Å². The molecule has 34 heavy (non-hydrogen) atoms. The third-order valence-electron chi connectivity index (χ3n) is 6.83. The van der Waals surface area contributed by atoms with Gasteiger partial charge in [-0.15, -0.1) is 0 Å². The van der Waals surface area contributed by atoms with Crippen LogP contribution in [0.2, 0.25) is 0 Å². The number of benzene rings is 2. The summed E-state index contributed by atoms with van der Waals surface area (Å²) < 4.78 is 48.9. The van der Waals surface area contributed by atoms with E-state index < -0.39 is 11.7 Å². The minimum atomic E-state index is -4.38. The van der Waals surface area contributed by atoms with Gasteiger partial charge < -0.3 is 19.9 Å². The van der Waals surface area contributed by atoms with Gasteiger partial charge in [0.2, 0.25) is 0 Å². The van der Waals surface area contributed by atoms with Crippen LogP contribution in [0.15, 0.2) is 67.3 Å². The molecule has 3 heterocycles. The fraction of sp³-hybridized carbons (Fsp3) is 0.423. The van der Waals surface area contributed by atoms with Crippen molar-refractivity contribution < 1.29 is 17.9 Å². The number of aromatic nitrogens is 2. The second kappa shape index (κ2) is 9.80. The van der Waals surface area contributed by atoms with Crippen molar-refractivity contribution in [3.8, 4) is 0 Å². The monoisotopic (exact) mass is 470 g/mol. The van der Waals surface area contributed by atoms with Gasteiger partial charge in [0.1, 0.15) is 0 Å². The minimum Gasteiger partial charge on any atom is -0.378 e. The van der Waals surface area contributed by atoms with Crippen LogP contribution in [0.1, 0.15) is 48.1 Å². The van der Waals surface area contributed by atoms with Gasteiger partial charge in [-0.1, -0.05) is 30.3 Å². The van der Waals surface area contributed by atoms with Crippen molar-refractivity contribution in [2.75, 3.05) is 18.4 Å². The Labute approximate surface area is 197 Å². The molecular formula is C26H29F3N4O. The first kappa shape index (κ1) is 22.9. The smallest absolute Gasteiger partial charge is 0.378 e. The molecule has 2 N–H and O–H groups in total. The molecule has 0 saturated carbocycles. The maximum Gasteiger partial charge on any atom is 0.416 e. The predicted molar refractivity (Wildman–Crippen MR) is 124 cm³/mol. The molecule has 0 unspecified atom stereocenters. The van der Waals surface area contributed by atoms with E-state index in [1.165, 1.54) is 6.07 Å². The molecule has 0 aliphatic carbocycles. The third kappa shape index (κ3) is 4.98. The number of fused-ring (bicyclic) bond motifs is 3. The summed E-state index contributed by atoms with van der Waals surface area (Å²) in [6.07, 6.45) is 3.43. The lowest BCUT2D eigenvalue weighted by Crippen LogP contribution is -2.42. The molecule has 0 bridgehead atoms. The van der Waals surface area contributed by atoms with Gasteiger partial charge in [0.05, 0.1) is 30.1 Å². The second-order valence-corrected chi connectivity index (χ2v) is 9.11. The van der Waals surface area contributed by atoms with Crippen molar-refractivity contribution in [3.63, 3.8) is 0 Å². The predicted octanol–water partition coefficient (Wildman–Crippen LogP) is 5.58. The fourth-order valence-electron chi connectivity index (χ4n) is 5.14. The number of aryl methyl sites for hydroxylation is 1. The third-order valence-corrected chi connectivity index (χ3v) is 6.83. The molecule has 1 saturated heterocycles. The lowest BCUT2D eigenvalue weighted by molar-refractivity contribution is -0.138. The summed E-state index contributed by atoms with van der Waals surface area (Å²) in [7, 11) is 0. The van der Waals surface area contributed by atoms with Gasteiger partial charge >= 0.3 is 6.18 Å². The SMILES string of the molecule is FC(F)(F)c1ccc2c(c1)[C@H]1O[C@@H](CNCCCn3ccnc3)CC[C@H]1[C@H](c1ccccc1)N2. The zero-order chi connectivity index (χ0) is 23.5. The number of imidazole rings is 1. The summed E-state index contributed by atoms with van der Waals surface area (Å²) in [6, 6.07) is 14.1. The van der Waals surface area contributed by atoms with E-state index in [4.69, 9.17) is 4.74 Å². The Hall–Kier alpha value is -2.84. The largest absolute Gasteiger partial charge is 0.416 e. The highest BCUT2D eigenvalue weighted by molar-refractivity contribution is 5.58. The van der Waals surface area contributed by atoms with Gasteiger partial charge in [-0.3, -0.25) is 0 Å². The molecule has 2 aromatic carbocycles. The number of hydrogen-bond donors (Lipinski definition) is 2. The van der Waals surface area contributed by atoms with E-state index in [2.05, 4.69) is 27.8 Å². The minimum absolute atomic E-state index is 0.000439. The zero-order valence-electron chi connectivity index (χ0n) is 18.8. The highest BCUT2D eigenvalue weighted by Crippen LogP contribution is 2.51. The molecule has 3 aromatic rings. The molecule has 180 valence electrons. The van der Waals surface area contributed by atoms with E-state index in [1.54, 1.807) is 18.6 Å². The van der Waals surface area contributed by atoms with Crippen LogP contribution >= 0.6 is 0 Å². The number of alkyl halides is 3. The highest BCUT2D eigenvalue weighted by Gasteiger charge is 2.43. The van der Waals surface area contributed by atoms with Crippen LogP contribution in [0, 0.1) is 5.92 Å². The lowest BCUT2D eigenvalue weighted by Gasteiger charge is -2.46. The van der Waals surface area contributed by atoms with Crippen LogP contribution in [-0.4, -0.2) is 28.7 Å². The number of nitrogens with zero attached hydrogens (tertiary/aromatic N) is 2. The number of hydrogen-bond acceptors (Lipinski definition) is 4. The zero-order valence-corrected chi connectivity index (χ0v) is 18.8. The van der Waals surface area contributed by atoms with E-state index in [0.29, 0.717) is 12.1 Å². The summed E-state index contributed by atoms with van der Waals surface area (Å²) in [4.78, 5) is 4.05. The average molecular weight is 471 g/mol. The average Bonchev–Trinajstić information content (AvgIpc) is 3.36. The van der Waals surface area contributed by atoms with Crippen LogP contribution in [0.25, 0.3) is 0 Å². The van der Waals surface area contributed by atoms with Crippen molar-refractivity contribution in [2.24, 2.45) is 5.92 Å². The number of ether oxygens (including phenoxy) is 1. The van der Waals surface area contributed by atoms with Crippen molar-refractivity contribution in [2.45, 2.75) is 50.2 Å². The summed E-state index contributed by atoms with van der Waals surface area (Å²) in [5.41, 5.74) is 1.82.